The average molecular weight is 279 g/mol. The van der Waals surface area contributed by atoms with Gasteiger partial charge in [0.05, 0.1) is 11.4 Å². The van der Waals surface area contributed by atoms with Gasteiger partial charge in [0.1, 0.15) is 4.90 Å². The summed E-state index contributed by atoms with van der Waals surface area (Å²) in [4.78, 5) is 0.222. The minimum Gasteiger partial charge on any atom is -0.268 e. The SMILES string of the molecule is CCCCn1nc(CC)c(S(=O)(=O)Cl)c1CC. The van der Waals surface area contributed by atoms with Crippen LogP contribution in [-0.4, -0.2) is 18.2 Å². The van der Waals surface area contributed by atoms with Crippen LogP contribution in [0.1, 0.15) is 45.0 Å². The van der Waals surface area contributed by atoms with E-state index in [0.29, 0.717) is 18.5 Å². The Morgan fingerprint density at radius 2 is 1.88 bits per heavy atom. The first-order valence-corrected chi connectivity index (χ1v) is 8.29. The predicted molar refractivity (Wildman–Crippen MR) is 68.9 cm³/mol. The van der Waals surface area contributed by atoms with E-state index in [4.69, 9.17) is 10.7 Å². The number of nitrogens with zero attached hydrogens (tertiary/aromatic N) is 2. The van der Waals surface area contributed by atoms with Crippen molar-refractivity contribution >= 4 is 19.7 Å². The van der Waals surface area contributed by atoms with Crippen molar-refractivity contribution < 1.29 is 8.42 Å². The van der Waals surface area contributed by atoms with Crippen LogP contribution in [0.15, 0.2) is 4.90 Å². The van der Waals surface area contributed by atoms with Gasteiger partial charge in [-0.3, -0.25) is 4.68 Å². The Morgan fingerprint density at radius 3 is 2.29 bits per heavy atom. The molecule has 1 heterocycles. The maximum Gasteiger partial charge on any atom is 0.264 e. The molecule has 0 bridgehead atoms. The molecule has 0 aliphatic rings. The minimum absolute atomic E-state index is 0.222. The maximum atomic E-state index is 11.6. The van der Waals surface area contributed by atoms with Gasteiger partial charge in [0.2, 0.25) is 0 Å². The van der Waals surface area contributed by atoms with E-state index in [0.717, 1.165) is 25.1 Å². The lowest BCUT2D eigenvalue weighted by molar-refractivity contribution is 0.544. The lowest BCUT2D eigenvalue weighted by Crippen LogP contribution is -2.06. The number of hydrogen-bond acceptors (Lipinski definition) is 3. The van der Waals surface area contributed by atoms with Crippen LogP contribution in [0.3, 0.4) is 0 Å². The number of aryl methyl sites for hydroxylation is 2. The summed E-state index contributed by atoms with van der Waals surface area (Å²) in [6.07, 6.45) is 3.23. The van der Waals surface area contributed by atoms with E-state index in [1.807, 2.05) is 13.8 Å². The smallest absolute Gasteiger partial charge is 0.264 e. The van der Waals surface area contributed by atoms with Crippen molar-refractivity contribution in [1.29, 1.82) is 0 Å². The molecule has 0 N–H and O–H groups in total. The normalized spacial score (nSPS) is 12.0. The van der Waals surface area contributed by atoms with Crippen molar-refractivity contribution in [3.63, 3.8) is 0 Å². The van der Waals surface area contributed by atoms with Crippen molar-refractivity contribution in [3.05, 3.63) is 11.4 Å². The molecule has 98 valence electrons. The lowest BCUT2D eigenvalue weighted by Gasteiger charge is -2.05. The number of rotatable bonds is 6. The van der Waals surface area contributed by atoms with E-state index in [-0.39, 0.29) is 4.90 Å². The average Bonchev–Trinajstić information content (AvgIpc) is 2.63. The molecule has 1 aromatic rings. The minimum atomic E-state index is -3.70. The number of unbranched alkanes of at least 4 members (excludes halogenated alkanes) is 1. The van der Waals surface area contributed by atoms with E-state index in [1.165, 1.54) is 0 Å². The third-order valence-electron chi connectivity index (χ3n) is 2.71. The molecular weight excluding hydrogens is 260 g/mol. The van der Waals surface area contributed by atoms with Gasteiger partial charge in [-0.25, -0.2) is 8.42 Å². The molecule has 4 nitrogen and oxygen atoms in total. The highest BCUT2D eigenvalue weighted by atomic mass is 35.7. The quantitative estimate of drug-likeness (QED) is 0.752. The van der Waals surface area contributed by atoms with Gasteiger partial charge in [-0.05, 0) is 19.3 Å². The summed E-state index contributed by atoms with van der Waals surface area (Å²) >= 11 is 0. The zero-order chi connectivity index (χ0) is 13.1. The second-order valence-electron chi connectivity index (χ2n) is 3.94. The Kier molecular flexibility index (Phi) is 5.01. The molecule has 0 radical (unpaired) electrons. The third kappa shape index (κ3) is 3.22. The van der Waals surface area contributed by atoms with Crippen molar-refractivity contribution in [2.45, 2.75) is 57.9 Å². The van der Waals surface area contributed by atoms with Crippen LogP contribution in [0.4, 0.5) is 0 Å². The van der Waals surface area contributed by atoms with Crippen LogP contribution >= 0.6 is 10.7 Å². The van der Waals surface area contributed by atoms with Crippen molar-refractivity contribution in [2.75, 3.05) is 0 Å². The summed E-state index contributed by atoms with van der Waals surface area (Å²) in [7, 11) is 1.79. The van der Waals surface area contributed by atoms with E-state index >= 15 is 0 Å². The van der Waals surface area contributed by atoms with E-state index in [9.17, 15) is 8.42 Å². The molecule has 0 atom stereocenters. The highest BCUT2D eigenvalue weighted by Crippen LogP contribution is 2.25. The van der Waals surface area contributed by atoms with Crippen molar-refractivity contribution in [2.24, 2.45) is 0 Å². The van der Waals surface area contributed by atoms with E-state index < -0.39 is 9.05 Å². The highest BCUT2D eigenvalue weighted by Gasteiger charge is 2.24. The molecule has 0 saturated carbocycles. The first-order chi connectivity index (χ1) is 7.95. The van der Waals surface area contributed by atoms with Crippen molar-refractivity contribution in [1.82, 2.24) is 9.78 Å². The second kappa shape index (κ2) is 5.87. The Balaban J connectivity index is 3.31. The summed E-state index contributed by atoms with van der Waals surface area (Å²) < 4.78 is 25.0. The van der Waals surface area contributed by atoms with Crippen molar-refractivity contribution in [3.8, 4) is 0 Å². The van der Waals surface area contributed by atoms with Crippen LogP contribution < -0.4 is 0 Å². The molecule has 0 aliphatic heterocycles. The molecular formula is C11H19ClN2O2S. The molecule has 0 unspecified atom stereocenters. The fraction of sp³-hybridized carbons (Fsp3) is 0.727. The summed E-state index contributed by atoms with van der Waals surface area (Å²) in [5.41, 5.74) is 1.30. The summed E-state index contributed by atoms with van der Waals surface area (Å²) in [6, 6.07) is 0. The summed E-state index contributed by atoms with van der Waals surface area (Å²) in [5.74, 6) is 0. The van der Waals surface area contributed by atoms with Gasteiger partial charge in [-0.15, -0.1) is 0 Å². The van der Waals surface area contributed by atoms with E-state index in [1.54, 1.807) is 4.68 Å². The largest absolute Gasteiger partial charge is 0.268 e. The first-order valence-electron chi connectivity index (χ1n) is 5.98. The Bertz CT molecular complexity index is 480. The third-order valence-corrected chi connectivity index (χ3v) is 4.14. The standard InChI is InChI=1S/C11H19ClN2O2S/c1-4-7-8-14-10(6-3)11(17(12,15)16)9(5-2)13-14/h4-8H2,1-3H3. The molecule has 6 heteroatoms. The molecule has 0 amide bonds. The molecule has 0 fully saturated rings. The fourth-order valence-corrected chi connectivity index (χ4v) is 3.42. The van der Waals surface area contributed by atoms with E-state index in [2.05, 4.69) is 12.0 Å². The Hall–Kier alpha value is -0.550. The number of aromatic nitrogens is 2. The van der Waals surface area contributed by atoms with Gasteiger partial charge in [0, 0.05) is 17.2 Å². The maximum absolute atomic E-state index is 11.6. The van der Waals surface area contributed by atoms with Gasteiger partial charge < -0.3 is 0 Å². The molecule has 1 aromatic heterocycles. The Labute approximate surface area is 107 Å². The molecule has 1 rings (SSSR count). The molecule has 0 aliphatic carbocycles. The summed E-state index contributed by atoms with van der Waals surface area (Å²) in [6.45, 7) is 6.65. The molecule has 0 aromatic carbocycles. The monoisotopic (exact) mass is 278 g/mol. The molecule has 17 heavy (non-hydrogen) atoms. The van der Waals surface area contributed by atoms with Crippen LogP contribution in [0, 0.1) is 0 Å². The summed E-state index contributed by atoms with van der Waals surface area (Å²) in [5, 5.41) is 4.36. The van der Waals surface area contributed by atoms with Crippen LogP contribution in [0.5, 0.6) is 0 Å². The van der Waals surface area contributed by atoms with Gasteiger partial charge in [-0.1, -0.05) is 27.2 Å². The van der Waals surface area contributed by atoms with Crippen LogP contribution in [0.2, 0.25) is 0 Å². The highest BCUT2D eigenvalue weighted by molar-refractivity contribution is 8.13. The lowest BCUT2D eigenvalue weighted by atomic mass is 10.2. The molecule has 0 spiro atoms. The zero-order valence-corrected chi connectivity index (χ0v) is 12.1. The second-order valence-corrected chi connectivity index (χ2v) is 6.45. The predicted octanol–water partition coefficient (Wildman–Crippen LogP) is 2.74. The topological polar surface area (TPSA) is 52.0 Å². The van der Waals surface area contributed by atoms with Gasteiger partial charge in [-0.2, -0.15) is 5.10 Å². The number of hydrogen-bond donors (Lipinski definition) is 0. The fourth-order valence-electron chi connectivity index (χ4n) is 1.88. The Morgan fingerprint density at radius 1 is 1.24 bits per heavy atom. The first kappa shape index (κ1) is 14.5. The number of halogens is 1. The van der Waals surface area contributed by atoms with Crippen LogP contribution in [-0.2, 0) is 28.4 Å². The molecule has 0 saturated heterocycles. The van der Waals surface area contributed by atoms with Gasteiger partial charge in [0.25, 0.3) is 9.05 Å². The van der Waals surface area contributed by atoms with Crippen LogP contribution in [0.25, 0.3) is 0 Å². The van der Waals surface area contributed by atoms with Gasteiger partial charge >= 0.3 is 0 Å². The van der Waals surface area contributed by atoms with Gasteiger partial charge in [0.15, 0.2) is 0 Å². The zero-order valence-electron chi connectivity index (χ0n) is 10.5.